The molecule has 2 heterocycles. The number of methoxy groups -OCH3 is 1. The van der Waals surface area contributed by atoms with Crippen molar-refractivity contribution in [3.05, 3.63) is 102 Å². The maximum atomic E-state index is 13.7. The number of hydrogen-bond donors (Lipinski definition) is 0. The van der Waals surface area contributed by atoms with Gasteiger partial charge < -0.3 is 9.47 Å². The smallest absolute Gasteiger partial charge is 0.419 e. The van der Waals surface area contributed by atoms with E-state index in [0.29, 0.717) is 41.3 Å². The van der Waals surface area contributed by atoms with Gasteiger partial charge in [0.15, 0.2) is 0 Å². The molecule has 0 spiro atoms. The van der Waals surface area contributed by atoms with Crippen molar-refractivity contribution in [1.29, 1.82) is 0 Å². The van der Waals surface area contributed by atoms with Crippen LogP contribution >= 0.6 is 0 Å². The van der Waals surface area contributed by atoms with E-state index in [9.17, 15) is 21.6 Å². The number of rotatable bonds is 9. The Morgan fingerprint density at radius 3 is 2.48 bits per heavy atom. The van der Waals surface area contributed by atoms with Gasteiger partial charge in [0, 0.05) is 38.5 Å². The van der Waals surface area contributed by atoms with E-state index in [1.54, 1.807) is 49.7 Å². The second kappa shape index (κ2) is 11.7. The van der Waals surface area contributed by atoms with Crippen molar-refractivity contribution >= 4 is 15.7 Å². The molecule has 0 saturated heterocycles. The highest BCUT2D eigenvalue weighted by Gasteiger charge is 2.34. The summed E-state index contributed by atoms with van der Waals surface area (Å²) in [5.41, 5.74) is 1.56. The Morgan fingerprint density at radius 2 is 1.81 bits per heavy atom. The molecular formula is C31H30F3N3O4S. The Balaban J connectivity index is 1.41. The monoisotopic (exact) mass is 597 g/mol. The molecule has 1 atom stereocenters. The number of imidazole rings is 1. The Labute approximate surface area is 242 Å². The molecule has 1 unspecified atom stereocenters. The quantitative estimate of drug-likeness (QED) is 0.210. The largest absolute Gasteiger partial charge is 0.457 e. The number of benzene rings is 2. The average molecular weight is 598 g/mol. The van der Waals surface area contributed by atoms with Crippen molar-refractivity contribution in [1.82, 2.24) is 13.7 Å². The highest BCUT2D eigenvalue weighted by Crippen LogP contribution is 2.36. The van der Waals surface area contributed by atoms with Crippen LogP contribution in [0.5, 0.6) is 11.5 Å². The first-order valence-electron chi connectivity index (χ1n) is 13.3. The van der Waals surface area contributed by atoms with Crippen LogP contribution in [0, 0.1) is 0 Å². The molecule has 2 aromatic heterocycles. The van der Waals surface area contributed by atoms with Gasteiger partial charge >= 0.3 is 6.18 Å². The molecule has 11 heteroatoms. The van der Waals surface area contributed by atoms with Crippen molar-refractivity contribution in [3.63, 3.8) is 0 Å². The minimum Gasteiger partial charge on any atom is -0.457 e. The Bertz CT molecular complexity index is 1780. The summed E-state index contributed by atoms with van der Waals surface area (Å²) < 4.78 is 81.7. The molecule has 0 saturated carbocycles. The van der Waals surface area contributed by atoms with Gasteiger partial charge in [0.2, 0.25) is 10.0 Å². The minimum atomic E-state index is -4.54. The molecule has 0 radical (unpaired) electrons. The molecule has 0 amide bonds. The molecule has 42 heavy (non-hydrogen) atoms. The molecule has 0 fully saturated rings. The zero-order valence-electron chi connectivity index (χ0n) is 23.3. The number of pyridine rings is 1. The average Bonchev–Trinajstić information content (AvgIpc) is 3.36. The summed E-state index contributed by atoms with van der Waals surface area (Å²) in [4.78, 5) is 4.38. The van der Waals surface area contributed by atoms with Crippen LogP contribution < -0.4 is 4.74 Å². The second-order valence-corrected chi connectivity index (χ2v) is 11.9. The summed E-state index contributed by atoms with van der Waals surface area (Å²) >= 11 is 0. The van der Waals surface area contributed by atoms with Gasteiger partial charge in [-0.15, -0.1) is 0 Å². The van der Waals surface area contributed by atoms with Crippen molar-refractivity contribution < 1.29 is 31.1 Å². The second-order valence-electron chi connectivity index (χ2n) is 9.89. The van der Waals surface area contributed by atoms with Crippen LogP contribution in [-0.4, -0.2) is 48.9 Å². The van der Waals surface area contributed by atoms with E-state index in [2.05, 4.69) is 4.98 Å². The van der Waals surface area contributed by atoms with E-state index in [0.717, 1.165) is 11.6 Å². The van der Waals surface area contributed by atoms with E-state index in [1.165, 1.54) is 34.0 Å². The summed E-state index contributed by atoms with van der Waals surface area (Å²) in [6.07, 6.45) is 3.84. The molecule has 1 aliphatic rings. The number of fused-ring (bicyclic) bond motifs is 1. The lowest BCUT2D eigenvalue weighted by Crippen LogP contribution is -2.29. The Hall–Kier alpha value is -3.93. The molecule has 1 aliphatic carbocycles. The molecule has 7 nitrogen and oxygen atoms in total. The van der Waals surface area contributed by atoms with Gasteiger partial charge in [-0.25, -0.2) is 13.4 Å². The number of aromatic nitrogens is 2. The third-order valence-electron chi connectivity index (χ3n) is 7.06. The van der Waals surface area contributed by atoms with E-state index in [-0.39, 0.29) is 23.2 Å². The highest BCUT2D eigenvalue weighted by atomic mass is 32.2. The lowest BCUT2D eigenvalue weighted by Gasteiger charge is -2.21. The van der Waals surface area contributed by atoms with Crippen LogP contribution in [0.1, 0.15) is 24.6 Å². The molecule has 4 aromatic rings. The molecule has 0 N–H and O–H groups in total. The van der Waals surface area contributed by atoms with Gasteiger partial charge in [-0.05, 0) is 54.8 Å². The van der Waals surface area contributed by atoms with E-state index in [1.807, 2.05) is 25.2 Å². The lowest BCUT2D eigenvalue weighted by atomic mass is 10.1. The normalized spacial score (nSPS) is 15.8. The fourth-order valence-corrected chi connectivity index (χ4v) is 6.08. The maximum absolute atomic E-state index is 13.7. The summed E-state index contributed by atoms with van der Waals surface area (Å²) in [6.45, 7) is 2.04. The molecule has 220 valence electrons. The van der Waals surface area contributed by atoms with Crippen molar-refractivity contribution in [2.45, 2.75) is 36.9 Å². The number of sulfonamides is 1. The van der Waals surface area contributed by atoms with Crippen LogP contribution in [-0.2, 0) is 27.4 Å². The van der Waals surface area contributed by atoms with Crippen LogP contribution in [0.4, 0.5) is 13.2 Å². The number of nitrogens with zero attached hydrogens (tertiary/aromatic N) is 3. The zero-order valence-corrected chi connectivity index (χ0v) is 24.1. The fraction of sp³-hybridized carbons (Fsp3) is 0.258. The highest BCUT2D eigenvalue weighted by molar-refractivity contribution is 7.89. The summed E-state index contributed by atoms with van der Waals surface area (Å²) in [7, 11) is -0.669. The first-order valence-corrected chi connectivity index (χ1v) is 14.8. The fourth-order valence-electron chi connectivity index (χ4n) is 4.89. The van der Waals surface area contributed by atoms with Crippen LogP contribution in [0.3, 0.4) is 0 Å². The first-order chi connectivity index (χ1) is 20.0. The molecular weight excluding hydrogens is 567 g/mol. The summed E-state index contributed by atoms with van der Waals surface area (Å²) in [6, 6.07) is 15.5. The number of aryl methyl sites for hydroxylation is 1. The standard InChI is InChI=1S/C31H30F3N3O4S/c1-4-28-29(37-17-7-12-27(30(37)35-28)31(32,33)34)22-8-5-9-24(18-22)41-25-10-6-11-26(19-25)42(38,39)36(2)20-21-13-15-23(40-3)16-14-21/h5-15,17-19,23H,4,16,20H2,1-3H3. The zero-order chi connectivity index (χ0) is 30.1. The Kier molecular flexibility index (Phi) is 8.27. The van der Waals surface area contributed by atoms with Crippen molar-refractivity contribution in [2.24, 2.45) is 0 Å². The van der Waals surface area contributed by atoms with Gasteiger partial charge in [0.1, 0.15) is 17.1 Å². The van der Waals surface area contributed by atoms with Gasteiger partial charge in [0.05, 0.1) is 28.0 Å². The van der Waals surface area contributed by atoms with Gasteiger partial charge in [-0.3, -0.25) is 4.40 Å². The number of likely N-dealkylation sites (N-methyl/N-ethyl adjacent to an activating group) is 1. The van der Waals surface area contributed by atoms with E-state index >= 15 is 0 Å². The maximum Gasteiger partial charge on any atom is 0.419 e. The van der Waals surface area contributed by atoms with E-state index < -0.39 is 21.8 Å². The number of ether oxygens (including phenoxy) is 2. The van der Waals surface area contributed by atoms with Crippen LogP contribution in [0.2, 0.25) is 0 Å². The third-order valence-corrected chi connectivity index (χ3v) is 8.86. The predicted molar refractivity (Wildman–Crippen MR) is 154 cm³/mol. The van der Waals surface area contributed by atoms with E-state index in [4.69, 9.17) is 9.47 Å². The third kappa shape index (κ3) is 5.99. The number of hydrogen-bond acceptors (Lipinski definition) is 5. The van der Waals surface area contributed by atoms with Gasteiger partial charge in [-0.1, -0.05) is 43.4 Å². The predicted octanol–water partition coefficient (Wildman–Crippen LogP) is 6.90. The van der Waals surface area contributed by atoms with Crippen molar-refractivity contribution in [3.8, 4) is 22.8 Å². The van der Waals surface area contributed by atoms with Gasteiger partial charge in [0.25, 0.3) is 0 Å². The Morgan fingerprint density at radius 1 is 1.07 bits per heavy atom. The van der Waals surface area contributed by atoms with Crippen LogP contribution in [0.25, 0.3) is 16.9 Å². The summed E-state index contributed by atoms with van der Waals surface area (Å²) in [5.74, 6) is 0.694. The molecule has 0 bridgehead atoms. The topological polar surface area (TPSA) is 73.1 Å². The number of alkyl halides is 3. The lowest BCUT2D eigenvalue weighted by molar-refractivity contribution is -0.136. The molecule has 0 aliphatic heterocycles. The first kappa shape index (κ1) is 29.6. The minimum absolute atomic E-state index is 0.0124. The van der Waals surface area contributed by atoms with Gasteiger partial charge in [-0.2, -0.15) is 17.5 Å². The molecule has 5 rings (SSSR count). The van der Waals surface area contributed by atoms with Crippen molar-refractivity contribution in [2.75, 3.05) is 20.7 Å². The SMILES string of the molecule is CCc1nc2c(C(F)(F)F)cccn2c1-c1cccc(Oc2cccc(S(=O)(=O)N(C)CC3=CCC(OC)C=C3)c2)c1. The molecule has 2 aromatic carbocycles. The number of halogens is 3. The van der Waals surface area contributed by atoms with Crippen LogP contribution in [0.15, 0.2) is 95.6 Å². The summed E-state index contributed by atoms with van der Waals surface area (Å²) in [5, 5.41) is 0.